The van der Waals surface area contributed by atoms with E-state index in [0.717, 1.165) is 24.5 Å². The molecule has 0 heterocycles. The normalized spacial score (nSPS) is 12.1. The molecular weight excluding hydrogens is 230 g/mol. The minimum atomic E-state index is 0.175. The minimum Gasteiger partial charge on any atom is -0.316 e. The molecule has 0 bridgehead atoms. The quantitative estimate of drug-likeness (QED) is 0.748. The number of halogens is 1. The summed E-state index contributed by atoms with van der Waals surface area (Å²) in [4.78, 5) is 0. The fourth-order valence-electron chi connectivity index (χ4n) is 1.85. The summed E-state index contributed by atoms with van der Waals surface area (Å²) in [6, 6.07) is 8.19. The maximum atomic E-state index is 6.04. The Morgan fingerprint density at radius 3 is 2.59 bits per heavy atom. The Labute approximate surface area is 111 Å². The summed E-state index contributed by atoms with van der Waals surface area (Å²) in [6.07, 6.45) is 1.13. The van der Waals surface area contributed by atoms with Crippen LogP contribution in [0.5, 0.6) is 0 Å². The molecule has 0 spiro atoms. The van der Waals surface area contributed by atoms with E-state index in [4.69, 9.17) is 11.6 Å². The molecule has 96 valence electrons. The van der Waals surface area contributed by atoms with E-state index in [1.54, 1.807) is 0 Å². The van der Waals surface area contributed by atoms with Crippen LogP contribution in [0.3, 0.4) is 0 Å². The third kappa shape index (κ3) is 5.10. The van der Waals surface area contributed by atoms with Crippen molar-refractivity contribution in [3.63, 3.8) is 0 Å². The van der Waals surface area contributed by atoms with Gasteiger partial charge in [0.05, 0.1) is 0 Å². The van der Waals surface area contributed by atoms with Crippen molar-refractivity contribution in [1.82, 2.24) is 5.32 Å². The zero-order chi connectivity index (χ0) is 12.9. The molecule has 0 unspecified atom stereocenters. The van der Waals surface area contributed by atoms with Gasteiger partial charge in [-0.2, -0.15) is 0 Å². The fraction of sp³-hybridized carbons (Fsp3) is 0.600. The van der Waals surface area contributed by atoms with Gasteiger partial charge in [0.2, 0.25) is 0 Å². The molecular formula is C15H24ClN. The molecule has 0 aliphatic rings. The average molecular weight is 254 g/mol. The second-order valence-corrected chi connectivity index (χ2v) is 6.18. The zero-order valence-corrected chi connectivity index (χ0v) is 12.1. The lowest BCUT2D eigenvalue weighted by molar-refractivity contribution is 0.442. The maximum Gasteiger partial charge on any atom is 0.0408 e. The van der Waals surface area contributed by atoms with Crippen molar-refractivity contribution >= 4 is 11.6 Å². The lowest BCUT2D eigenvalue weighted by atomic mass is 9.81. The standard InChI is InChI=1S/C15H24ClN/c1-12(2)11-17-9-8-15(3,4)13-6-5-7-14(16)10-13/h5-7,10,12,17H,8-9,11H2,1-4H3. The van der Waals surface area contributed by atoms with Gasteiger partial charge in [-0.3, -0.25) is 0 Å². The van der Waals surface area contributed by atoms with E-state index in [1.165, 1.54) is 5.56 Å². The number of hydrogen-bond acceptors (Lipinski definition) is 1. The van der Waals surface area contributed by atoms with Gasteiger partial charge in [-0.05, 0) is 48.5 Å². The summed E-state index contributed by atoms with van der Waals surface area (Å²) in [7, 11) is 0. The number of hydrogen-bond donors (Lipinski definition) is 1. The lowest BCUT2D eigenvalue weighted by Crippen LogP contribution is -2.27. The van der Waals surface area contributed by atoms with Crippen molar-refractivity contribution < 1.29 is 0 Å². The summed E-state index contributed by atoms with van der Waals surface area (Å²) in [5.41, 5.74) is 1.49. The van der Waals surface area contributed by atoms with E-state index in [1.807, 2.05) is 12.1 Å². The van der Waals surface area contributed by atoms with Gasteiger partial charge in [-0.25, -0.2) is 0 Å². The molecule has 1 rings (SSSR count). The second-order valence-electron chi connectivity index (χ2n) is 5.74. The SMILES string of the molecule is CC(C)CNCCC(C)(C)c1cccc(Cl)c1. The third-order valence-electron chi connectivity index (χ3n) is 3.09. The molecule has 1 aromatic rings. The van der Waals surface area contributed by atoms with Crippen LogP contribution in [0, 0.1) is 5.92 Å². The molecule has 0 fully saturated rings. The topological polar surface area (TPSA) is 12.0 Å². The van der Waals surface area contributed by atoms with Crippen LogP contribution in [0.2, 0.25) is 5.02 Å². The molecule has 0 aliphatic carbocycles. The van der Waals surface area contributed by atoms with Crippen molar-refractivity contribution in [3.05, 3.63) is 34.9 Å². The predicted octanol–water partition coefficient (Wildman–Crippen LogP) is 4.25. The molecule has 0 radical (unpaired) electrons. The van der Waals surface area contributed by atoms with Gasteiger partial charge in [0.25, 0.3) is 0 Å². The first-order chi connectivity index (χ1) is 7.92. The van der Waals surface area contributed by atoms with Crippen LogP contribution in [0.1, 0.15) is 39.7 Å². The molecule has 1 aromatic carbocycles. The summed E-state index contributed by atoms with van der Waals surface area (Å²) in [5, 5.41) is 4.32. The molecule has 0 aliphatic heterocycles. The molecule has 0 atom stereocenters. The van der Waals surface area contributed by atoms with Crippen molar-refractivity contribution in [1.29, 1.82) is 0 Å². The molecule has 0 aromatic heterocycles. The van der Waals surface area contributed by atoms with Crippen molar-refractivity contribution in [2.45, 2.75) is 39.5 Å². The van der Waals surface area contributed by atoms with E-state index in [-0.39, 0.29) is 5.41 Å². The van der Waals surface area contributed by atoms with Crippen LogP contribution in [0.25, 0.3) is 0 Å². The molecule has 0 saturated heterocycles. The van der Waals surface area contributed by atoms with Crippen LogP contribution in [-0.2, 0) is 5.41 Å². The highest BCUT2D eigenvalue weighted by atomic mass is 35.5. The Balaban J connectivity index is 2.50. The monoisotopic (exact) mass is 253 g/mol. The Morgan fingerprint density at radius 2 is 2.00 bits per heavy atom. The molecule has 0 saturated carbocycles. The highest BCUT2D eigenvalue weighted by molar-refractivity contribution is 6.30. The zero-order valence-electron chi connectivity index (χ0n) is 11.4. The van der Waals surface area contributed by atoms with Crippen molar-refractivity contribution in [2.75, 3.05) is 13.1 Å². The van der Waals surface area contributed by atoms with Gasteiger partial charge in [0, 0.05) is 5.02 Å². The molecule has 17 heavy (non-hydrogen) atoms. The Hall–Kier alpha value is -0.530. The highest BCUT2D eigenvalue weighted by Crippen LogP contribution is 2.28. The summed E-state index contributed by atoms with van der Waals surface area (Å²) in [6.45, 7) is 11.2. The molecule has 2 heteroatoms. The largest absolute Gasteiger partial charge is 0.316 e. The third-order valence-corrected chi connectivity index (χ3v) is 3.32. The van der Waals surface area contributed by atoms with Gasteiger partial charge >= 0.3 is 0 Å². The van der Waals surface area contributed by atoms with Crippen LogP contribution in [-0.4, -0.2) is 13.1 Å². The van der Waals surface area contributed by atoms with E-state index >= 15 is 0 Å². The first kappa shape index (κ1) is 14.5. The van der Waals surface area contributed by atoms with E-state index in [9.17, 15) is 0 Å². The van der Waals surface area contributed by atoms with E-state index < -0.39 is 0 Å². The fourth-order valence-corrected chi connectivity index (χ4v) is 2.04. The van der Waals surface area contributed by atoms with Gasteiger partial charge in [0.15, 0.2) is 0 Å². The molecule has 1 nitrogen and oxygen atoms in total. The maximum absolute atomic E-state index is 6.04. The number of benzene rings is 1. The van der Waals surface area contributed by atoms with Gasteiger partial charge in [-0.15, -0.1) is 0 Å². The highest BCUT2D eigenvalue weighted by Gasteiger charge is 2.20. The van der Waals surface area contributed by atoms with Crippen LogP contribution < -0.4 is 5.32 Å². The molecule has 0 amide bonds. The van der Waals surface area contributed by atoms with Gasteiger partial charge < -0.3 is 5.32 Å². The summed E-state index contributed by atoms with van der Waals surface area (Å²) < 4.78 is 0. The predicted molar refractivity (Wildman–Crippen MR) is 76.8 cm³/mol. The van der Waals surface area contributed by atoms with Crippen LogP contribution in [0.4, 0.5) is 0 Å². The van der Waals surface area contributed by atoms with Crippen LogP contribution >= 0.6 is 11.6 Å². The Morgan fingerprint density at radius 1 is 1.29 bits per heavy atom. The number of rotatable bonds is 6. The number of nitrogens with one attached hydrogen (secondary N) is 1. The summed E-state index contributed by atoms with van der Waals surface area (Å²) >= 11 is 6.04. The molecule has 1 N–H and O–H groups in total. The average Bonchev–Trinajstić information content (AvgIpc) is 2.24. The van der Waals surface area contributed by atoms with Gasteiger partial charge in [-0.1, -0.05) is 51.4 Å². The Kier molecular flexibility index (Phi) is 5.48. The van der Waals surface area contributed by atoms with Gasteiger partial charge in [0.1, 0.15) is 0 Å². The Bertz CT molecular complexity index is 345. The van der Waals surface area contributed by atoms with E-state index in [0.29, 0.717) is 5.92 Å². The van der Waals surface area contributed by atoms with E-state index in [2.05, 4.69) is 45.1 Å². The van der Waals surface area contributed by atoms with Crippen LogP contribution in [0.15, 0.2) is 24.3 Å². The first-order valence-electron chi connectivity index (χ1n) is 6.38. The lowest BCUT2D eigenvalue weighted by Gasteiger charge is -2.26. The first-order valence-corrected chi connectivity index (χ1v) is 6.76. The minimum absolute atomic E-state index is 0.175. The smallest absolute Gasteiger partial charge is 0.0408 e. The summed E-state index contributed by atoms with van der Waals surface area (Å²) in [5.74, 6) is 0.712. The van der Waals surface area contributed by atoms with Crippen molar-refractivity contribution in [2.24, 2.45) is 5.92 Å². The second kappa shape index (κ2) is 6.42. The van der Waals surface area contributed by atoms with Crippen molar-refractivity contribution in [3.8, 4) is 0 Å².